The second-order valence-electron chi connectivity index (χ2n) is 7.71. The Morgan fingerprint density at radius 3 is 2.45 bits per heavy atom. The number of rotatable bonds is 7. The van der Waals surface area contributed by atoms with Gasteiger partial charge in [0, 0.05) is 23.0 Å². The standard InChI is InChI=1S/C25H25ClN2O3/c1-4-31-24(30)25(2,3)28-23(29)13-17-12-19(16-27-15-17)21-11-10-20(26)14-22(21)18-8-6-5-7-9-18/h5-12,14-16H,4,13H2,1-3H3,(H,28,29). The average molecular weight is 437 g/mol. The van der Waals surface area contributed by atoms with Crippen LogP contribution in [-0.4, -0.2) is 29.0 Å². The van der Waals surface area contributed by atoms with Crippen molar-refractivity contribution in [3.8, 4) is 22.3 Å². The quantitative estimate of drug-likeness (QED) is 0.525. The van der Waals surface area contributed by atoms with E-state index >= 15 is 0 Å². The van der Waals surface area contributed by atoms with E-state index in [2.05, 4.69) is 10.3 Å². The maximum absolute atomic E-state index is 12.6. The minimum atomic E-state index is -1.10. The van der Waals surface area contributed by atoms with E-state index in [4.69, 9.17) is 16.3 Å². The van der Waals surface area contributed by atoms with Gasteiger partial charge >= 0.3 is 5.97 Å². The number of nitrogens with zero attached hydrogens (tertiary/aromatic N) is 1. The Bertz CT molecular complexity index is 1080. The number of esters is 1. The molecule has 3 aromatic rings. The highest BCUT2D eigenvalue weighted by molar-refractivity contribution is 6.31. The van der Waals surface area contributed by atoms with Crippen molar-refractivity contribution in [1.29, 1.82) is 0 Å². The van der Waals surface area contributed by atoms with E-state index in [-0.39, 0.29) is 18.9 Å². The second kappa shape index (κ2) is 9.75. The van der Waals surface area contributed by atoms with Crippen molar-refractivity contribution >= 4 is 23.5 Å². The summed E-state index contributed by atoms with van der Waals surface area (Å²) in [5, 5.41) is 3.38. The summed E-state index contributed by atoms with van der Waals surface area (Å²) in [4.78, 5) is 28.9. The zero-order valence-electron chi connectivity index (χ0n) is 17.8. The molecule has 0 bridgehead atoms. The monoisotopic (exact) mass is 436 g/mol. The fourth-order valence-electron chi connectivity index (χ4n) is 3.30. The minimum Gasteiger partial charge on any atom is -0.464 e. The molecule has 0 radical (unpaired) electrons. The summed E-state index contributed by atoms with van der Waals surface area (Å²) in [6, 6.07) is 17.6. The van der Waals surface area contributed by atoms with Crippen LogP contribution in [0, 0.1) is 0 Å². The van der Waals surface area contributed by atoms with Crippen LogP contribution < -0.4 is 5.32 Å². The first-order valence-electron chi connectivity index (χ1n) is 10.1. The van der Waals surface area contributed by atoms with Gasteiger partial charge in [0.1, 0.15) is 5.54 Å². The van der Waals surface area contributed by atoms with E-state index in [0.717, 1.165) is 27.8 Å². The van der Waals surface area contributed by atoms with Crippen molar-refractivity contribution in [2.45, 2.75) is 32.7 Å². The SMILES string of the molecule is CCOC(=O)C(C)(C)NC(=O)Cc1cncc(-c2ccc(Cl)cc2-c2ccccc2)c1. The predicted molar refractivity (Wildman–Crippen MR) is 123 cm³/mol. The molecule has 0 aliphatic rings. The van der Waals surface area contributed by atoms with E-state index in [1.807, 2.05) is 54.6 Å². The summed E-state index contributed by atoms with van der Waals surface area (Å²) >= 11 is 6.26. The third-order valence-corrected chi connectivity index (χ3v) is 5.01. The summed E-state index contributed by atoms with van der Waals surface area (Å²) < 4.78 is 5.02. The molecular weight excluding hydrogens is 412 g/mol. The molecule has 1 N–H and O–H groups in total. The largest absolute Gasteiger partial charge is 0.464 e. The minimum absolute atomic E-state index is 0.0952. The van der Waals surface area contributed by atoms with Crippen LogP contribution in [0.1, 0.15) is 26.3 Å². The highest BCUT2D eigenvalue weighted by atomic mass is 35.5. The van der Waals surface area contributed by atoms with Crippen molar-refractivity contribution in [2.75, 3.05) is 6.61 Å². The third kappa shape index (κ3) is 5.70. The molecule has 0 fully saturated rings. The van der Waals surface area contributed by atoms with Gasteiger partial charge in [-0.25, -0.2) is 4.79 Å². The van der Waals surface area contributed by atoms with Gasteiger partial charge in [-0.2, -0.15) is 0 Å². The van der Waals surface area contributed by atoms with Crippen LogP contribution in [0.15, 0.2) is 67.0 Å². The summed E-state index contributed by atoms with van der Waals surface area (Å²) in [5.74, 6) is -0.750. The lowest BCUT2D eigenvalue weighted by atomic mass is 9.94. The smallest absolute Gasteiger partial charge is 0.331 e. The first-order chi connectivity index (χ1) is 14.8. The van der Waals surface area contributed by atoms with Gasteiger partial charge in [-0.15, -0.1) is 0 Å². The number of ether oxygens (including phenoxy) is 1. The molecule has 5 nitrogen and oxygen atoms in total. The summed E-state index contributed by atoms with van der Waals surface area (Å²) in [6.07, 6.45) is 3.51. The lowest BCUT2D eigenvalue weighted by molar-refractivity contribution is -0.151. The fourth-order valence-corrected chi connectivity index (χ4v) is 3.47. The van der Waals surface area contributed by atoms with Crippen molar-refractivity contribution in [3.63, 3.8) is 0 Å². The summed E-state index contributed by atoms with van der Waals surface area (Å²) in [7, 11) is 0. The molecular formula is C25H25ClN2O3. The van der Waals surface area contributed by atoms with Crippen molar-refractivity contribution < 1.29 is 14.3 Å². The fraction of sp³-hybridized carbons (Fsp3) is 0.240. The molecule has 1 amide bonds. The summed E-state index contributed by atoms with van der Waals surface area (Å²) in [5.41, 5.74) is 3.51. The number of carbonyl (C=O) groups is 2. The highest BCUT2D eigenvalue weighted by Gasteiger charge is 2.30. The van der Waals surface area contributed by atoms with Gasteiger partial charge in [0.2, 0.25) is 5.91 Å². The van der Waals surface area contributed by atoms with Crippen LogP contribution in [0.3, 0.4) is 0 Å². The van der Waals surface area contributed by atoms with Crippen LogP contribution in [0.2, 0.25) is 5.02 Å². The van der Waals surface area contributed by atoms with Crippen LogP contribution >= 0.6 is 11.6 Å². The number of benzene rings is 2. The molecule has 1 aromatic heterocycles. The molecule has 0 unspecified atom stereocenters. The number of hydrogen-bond acceptors (Lipinski definition) is 4. The lowest BCUT2D eigenvalue weighted by Crippen LogP contribution is -2.51. The Kier molecular flexibility index (Phi) is 7.08. The van der Waals surface area contributed by atoms with Gasteiger partial charge in [0.25, 0.3) is 0 Å². The van der Waals surface area contributed by atoms with Gasteiger partial charge in [0.05, 0.1) is 13.0 Å². The number of amides is 1. The van der Waals surface area contributed by atoms with E-state index in [1.165, 1.54) is 0 Å². The second-order valence-corrected chi connectivity index (χ2v) is 8.14. The molecule has 0 aliphatic carbocycles. The van der Waals surface area contributed by atoms with Gasteiger partial charge < -0.3 is 10.1 Å². The molecule has 0 aliphatic heterocycles. The van der Waals surface area contributed by atoms with E-state index in [1.54, 1.807) is 33.2 Å². The lowest BCUT2D eigenvalue weighted by Gasteiger charge is -2.23. The molecule has 2 aromatic carbocycles. The Labute approximate surface area is 187 Å². The van der Waals surface area contributed by atoms with Crippen molar-refractivity contribution in [1.82, 2.24) is 10.3 Å². The number of hydrogen-bond donors (Lipinski definition) is 1. The molecule has 3 rings (SSSR count). The molecule has 0 saturated heterocycles. The zero-order chi connectivity index (χ0) is 22.4. The normalized spacial score (nSPS) is 11.1. The van der Waals surface area contributed by atoms with Gasteiger partial charge in [-0.1, -0.05) is 48.0 Å². The molecule has 0 atom stereocenters. The van der Waals surface area contributed by atoms with Crippen LogP contribution in [0.25, 0.3) is 22.3 Å². The topological polar surface area (TPSA) is 68.3 Å². The van der Waals surface area contributed by atoms with E-state index in [0.29, 0.717) is 5.02 Å². The Balaban J connectivity index is 1.85. The van der Waals surface area contributed by atoms with E-state index in [9.17, 15) is 9.59 Å². The molecule has 31 heavy (non-hydrogen) atoms. The molecule has 0 saturated carbocycles. The van der Waals surface area contributed by atoms with Crippen molar-refractivity contribution in [2.24, 2.45) is 0 Å². The Morgan fingerprint density at radius 2 is 1.74 bits per heavy atom. The van der Waals surface area contributed by atoms with Crippen LogP contribution in [0.5, 0.6) is 0 Å². The first kappa shape index (κ1) is 22.5. The number of halogens is 1. The number of carbonyl (C=O) groups excluding carboxylic acids is 2. The molecule has 0 spiro atoms. The highest BCUT2D eigenvalue weighted by Crippen LogP contribution is 2.34. The first-order valence-corrected chi connectivity index (χ1v) is 10.5. The predicted octanol–water partition coefficient (Wildman–Crippen LogP) is 5.07. The maximum Gasteiger partial charge on any atom is 0.331 e. The molecule has 1 heterocycles. The van der Waals surface area contributed by atoms with Crippen molar-refractivity contribution in [3.05, 3.63) is 77.6 Å². The Hall–Kier alpha value is -3.18. The van der Waals surface area contributed by atoms with Gasteiger partial charge in [0.15, 0.2) is 0 Å². The number of nitrogens with one attached hydrogen (secondary N) is 1. The van der Waals surface area contributed by atoms with Gasteiger partial charge in [-0.05, 0) is 61.2 Å². The molecule has 160 valence electrons. The Morgan fingerprint density at radius 1 is 1.00 bits per heavy atom. The average Bonchev–Trinajstić information content (AvgIpc) is 2.74. The van der Waals surface area contributed by atoms with Crippen LogP contribution in [-0.2, 0) is 20.7 Å². The number of aromatic nitrogens is 1. The number of pyridine rings is 1. The summed E-state index contributed by atoms with van der Waals surface area (Å²) in [6.45, 7) is 5.23. The zero-order valence-corrected chi connectivity index (χ0v) is 18.6. The van der Waals surface area contributed by atoms with E-state index < -0.39 is 11.5 Å². The van der Waals surface area contributed by atoms with Crippen LogP contribution in [0.4, 0.5) is 0 Å². The molecule has 6 heteroatoms. The maximum atomic E-state index is 12.6. The third-order valence-electron chi connectivity index (χ3n) is 4.77. The van der Waals surface area contributed by atoms with Gasteiger partial charge in [-0.3, -0.25) is 9.78 Å².